The van der Waals surface area contributed by atoms with Crippen molar-refractivity contribution in [1.29, 1.82) is 0 Å². The van der Waals surface area contributed by atoms with E-state index in [9.17, 15) is 4.39 Å². The Morgan fingerprint density at radius 2 is 1.77 bits per heavy atom. The van der Waals surface area contributed by atoms with Crippen LogP contribution in [0.2, 0.25) is 0 Å². The lowest BCUT2D eigenvalue weighted by molar-refractivity contribution is 0.636. The second-order valence-corrected chi connectivity index (χ2v) is 6.94. The molecule has 0 radical (unpaired) electrons. The van der Waals surface area contributed by atoms with E-state index in [4.69, 9.17) is 4.98 Å². The first-order valence-electron chi connectivity index (χ1n) is 9.47. The van der Waals surface area contributed by atoms with Gasteiger partial charge in [0.05, 0.1) is 11.2 Å². The summed E-state index contributed by atoms with van der Waals surface area (Å²) < 4.78 is 14.8. The second kappa shape index (κ2) is 6.77. The third kappa shape index (κ3) is 2.83. The Balaban J connectivity index is 1.55. The first-order chi connectivity index (χ1) is 15.3. The lowest BCUT2D eigenvalue weighted by atomic mass is 10.1. The Kier molecular flexibility index (Phi) is 3.79. The third-order valence-corrected chi connectivity index (χ3v) is 5.05. The van der Waals surface area contributed by atoms with Crippen molar-refractivity contribution in [2.45, 2.75) is 0 Å². The van der Waals surface area contributed by atoms with Crippen molar-refractivity contribution in [3.05, 3.63) is 73.3 Å². The number of hydrogen-bond acceptors (Lipinski definition) is 6. The zero-order valence-corrected chi connectivity index (χ0v) is 15.9. The number of H-pyrrole nitrogens is 2. The molecule has 0 amide bonds. The van der Waals surface area contributed by atoms with Crippen molar-refractivity contribution in [3.63, 3.8) is 0 Å². The van der Waals surface area contributed by atoms with Crippen molar-refractivity contribution in [1.82, 2.24) is 40.1 Å². The van der Waals surface area contributed by atoms with Gasteiger partial charge in [-0.25, -0.2) is 19.3 Å². The Morgan fingerprint density at radius 1 is 0.871 bits per heavy atom. The van der Waals surface area contributed by atoms with Crippen LogP contribution in [0.3, 0.4) is 0 Å². The number of nitrogens with zero attached hydrogens (tertiary/aromatic N) is 6. The van der Waals surface area contributed by atoms with Gasteiger partial charge in [-0.05, 0) is 35.9 Å². The molecule has 5 aromatic heterocycles. The van der Waals surface area contributed by atoms with E-state index in [0.29, 0.717) is 39.2 Å². The molecule has 6 rings (SSSR count). The summed E-state index contributed by atoms with van der Waals surface area (Å²) in [6, 6.07) is 10.7. The van der Waals surface area contributed by atoms with E-state index in [1.54, 1.807) is 24.8 Å². The molecule has 2 N–H and O–H groups in total. The molecule has 9 heteroatoms. The average molecular weight is 408 g/mol. The largest absolute Gasteiger partial charge is 0.337 e. The van der Waals surface area contributed by atoms with E-state index >= 15 is 0 Å². The van der Waals surface area contributed by atoms with Gasteiger partial charge in [-0.2, -0.15) is 5.10 Å². The average Bonchev–Trinajstić information content (AvgIpc) is 3.44. The molecule has 0 saturated heterocycles. The van der Waals surface area contributed by atoms with E-state index in [-0.39, 0.29) is 5.52 Å². The third-order valence-electron chi connectivity index (χ3n) is 5.05. The highest BCUT2D eigenvalue weighted by Crippen LogP contribution is 2.33. The molecule has 5 heterocycles. The van der Waals surface area contributed by atoms with Crippen molar-refractivity contribution in [2.24, 2.45) is 0 Å². The van der Waals surface area contributed by atoms with Gasteiger partial charge in [-0.1, -0.05) is 6.07 Å². The first kappa shape index (κ1) is 17.3. The number of halogens is 1. The number of nitrogens with one attached hydrogen (secondary N) is 2. The highest BCUT2D eigenvalue weighted by molar-refractivity contribution is 5.97. The maximum Gasteiger partial charge on any atom is 0.157 e. The van der Waals surface area contributed by atoms with Crippen molar-refractivity contribution in [3.8, 4) is 34.0 Å². The number of hydrogen-bond donors (Lipinski definition) is 2. The predicted octanol–water partition coefficient (Wildman–Crippen LogP) is 4.16. The van der Waals surface area contributed by atoms with Crippen LogP contribution in [0, 0.1) is 5.82 Å². The van der Waals surface area contributed by atoms with Crippen molar-refractivity contribution >= 4 is 21.9 Å². The van der Waals surface area contributed by atoms with Crippen LogP contribution < -0.4 is 0 Å². The molecular formula is C22H13FN8. The Labute approximate surface area is 174 Å². The van der Waals surface area contributed by atoms with Gasteiger partial charge < -0.3 is 4.98 Å². The molecule has 8 nitrogen and oxygen atoms in total. The molecule has 0 aliphatic heterocycles. The van der Waals surface area contributed by atoms with Gasteiger partial charge in [0, 0.05) is 35.7 Å². The lowest BCUT2D eigenvalue weighted by Crippen LogP contribution is -1.88. The van der Waals surface area contributed by atoms with E-state index in [1.807, 2.05) is 30.3 Å². The van der Waals surface area contributed by atoms with Crippen LogP contribution >= 0.6 is 0 Å². The Morgan fingerprint density at radius 3 is 2.61 bits per heavy atom. The van der Waals surface area contributed by atoms with Gasteiger partial charge in [-0.3, -0.25) is 15.1 Å². The van der Waals surface area contributed by atoms with Gasteiger partial charge >= 0.3 is 0 Å². The molecular weight excluding hydrogens is 395 g/mol. The molecule has 0 bridgehead atoms. The summed E-state index contributed by atoms with van der Waals surface area (Å²) in [5, 5.41) is 7.68. The van der Waals surface area contributed by atoms with Gasteiger partial charge in [0.2, 0.25) is 0 Å². The summed E-state index contributed by atoms with van der Waals surface area (Å²) in [7, 11) is 0. The van der Waals surface area contributed by atoms with E-state index in [1.165, 1.54) is 12.4 Å². The normalized spacial score (nSPS) is 11.4. The van der Waals surface area contributed by atoms with Gasteiger partial charge in [-0.15, -0.1) is 0 Å². The highest BCUT2D eigenvalue weighted by Gasteiger charge is 2.18. The minimum absolute atomic E-state index is 0.235. The molecule has 0 fully saturated rings. The fourth-order valence-corrected chi connectivity index (χ4v) is 3.61. The fourth-order valence-electron chi connectivity index (χ4n) is 3.61. The van der Waals surface area contributed by atoms with Crippen LogP contribution in [0.25, 0.3) is 56.0 Å². The predicted molar refractivity (Wildman–Crippen MR) is 113 cm³/mol. The van der Waals surface area contributed by atoms with Crippen LogP contribution in [0.15, 0.2) is 67.5 Å². The number of rotatable bonds is 3. The minimum atomic E-state index is -0.439. The molecule has 0 spiro atoms. The molecule has 1 aromatic carbocycles. The van der Waals surface area contributed by atoms with Crippen LogP contribution in [-0.4, -0.2) is 40.1 Å². The summed E-state index contributed by atoms with van der Waals surface area (Å²) in [5.74, 6) is 0.0920. The number of aromatic nitrogens is 8. The number of aromatic amines is 2. The quantitative estimate of drug-likeness (QED) is 0.455. The standard InChI is InChI=1S/C22H13FN8/c23-15-8-12(13-9-24-11-25-10-13)7-14-18(15)30-31-19(14)22-28-17-4-6-27-20(21(17)29-22)16-3-1-2-5-26-16/h1-11H,(H,28,29)(H,30,31). The number of fused-ring (bicyclic) bond motifs is 2. The monoisotopic (exact) mass is 408 g/mol. The molecule has 6 aromatic rings. The van der Waals surface area contributed by atoms with E-state index in [2.05, 4.69) is 35.1 Å². The number of pyridine rings is 2. The van der Waals surface area contributed by atoms with E-state index < -0.39 is 5.82 Å². The van der Waals surface area contributed by atoms with Crippen LogP contribution in [0.1, 0.15) is 0 Å². The van der Waals surface area contributed by atoms with Gasteiger partial charge in [0.15, 0.2) is 11.6 Å². The lowest BCUT2D eigenvalue weighted by Gasteiger charge is -2.02. The minimum Gasteiger partial charge on any atom is -0.337 e. The first-order valence-corrected chi connectivity index (χ1v) is 9.47. The zero-order valence-electron chi connectivity index (χ0n) is 15.9. The molecule has 148 valence electrons. The van der Waals surface area contributed by atoms with Crippen LogP contribution in [-0.2, 0) is 0 Å². The molecule has 0 aliphatic carbocycles. The summed E-state index contributed by atoms with van der Waals surface area (Å²) in [5.41, 5.74) is 5.03. The van der Waals surface area contributed by atoms with Crippen LogP contribution in [0.4, 0.5) is 4.39 Å². The van der Waals surface area contributed by atoms with Crippen molar-refractivity contribution in [2.75, 3.05) is 0 Å². The SMILES string of the molecule is Fc1cc(-c2cncnc2)cc2c(-c3nc4c(-c5ccccn5)nccc4[nH]3)[nH]nc12. The van der Waals surface area contributed by atoms with Crippen LogP contribution in [0.5, 0.6) is 0 Å². The smallest absolute Gasteiger partial charge is 0.157 e. The zero-order chi connectivity index (χ0) is 20.8. The van der Waals surface area contributed by atoms with Crippen molar-refractivity contribution < 1.29 is 4.39 Å². The molecule has 0 unspecified atom stereocenters. The number of benzene rings is 1. The van der Waals surface area contributed by atoms with Gasteiger partial charge in [0.25, 0.3) is 0 Å². The maximum absolute atomic E-state index is 14.8. The topological polar surface area (TPSA) is 109 Å². The summed E-state index contributed by atoms with van der Waals surface area (Å²) in [6.45, 7) is 0. The van der Waals surface area contributed by atoms with E-state index in [0.717, 1.165) is 11.2 Å². The summed E-state index contributed by atoms with van der Waals surface area (Å²) in [6.07, 6.45) is 8.12. The second-order valence-electron chi connectivity index (χ2n) is 6.94. The van der Waals surface area contributed by atoms with Gasteiger partial charge in [0.1, 0.15) is 28.7 Å². The maximum atomic E-state index is 14.8. The molecule has 31 heavy (non-hydrogen) atoms. The highest BCUT2D eigenvalue weighted by atomic mass is 19.1. The molecule has 0 atom stereocenters. The number of imidazole rings is 1. The molecule has 0 aliphatic rings. The fraction of sp³-hybridized carbons (Fsp3) is 0. The Bertz CT molecular complexity index is 1540. The summed E-state index contributed by atoms with van der Waals surface area (Å²) >= 11 is 0. The Hall–Kier alpha value is -4.53. The molecule has 0 saturated carbocycles. The summed E-state index contributed by atoms with van der Waals surface area (Å²) in [4.78, 5) is 24.9.